The molecule has 0 radical (unpaired) electrons. The van der Waals surface area contributed by atoms with E-state index in [1.807, 2.05) is 0 Å². The van der Waals surface area contributed by atoms with Crippen LogP contribution in [0, 0.1) is 17.8 Å². The lowest BCUT2D eigenvalue weighted by atomic mass is 9.74. The highest BCUT2D eigenvalue weighted by atomic mass is 35.5. The van der Waals surface area contributed by atoms with Crippen LogP contribution in [-0.2, 0) is 6.42 Å². The van der Waals surface area contributed by atoms with Gasteiger partial charge in [0, 0.05) is 5.38 Å². The zero-order valence-electron chi connectivity index (χ0n) is 10.2. The lowest BCUT2D eigenvalue weighted by molar-refractivity contribution is 0.218. The van der Waals surface area contributed by atoms with Gasteiger partial charge in [0.2, 0.25) is 0 Å². The SMILES string of the molecule is CC(C)C1CCC(Cl)C(Cc2ccsc2)C1. The fourth-order valence-corrected chi connectivity index (χ4v) is 3.79. The van der Waals surface area contributed by atoms with Crippen molar-refractivity contribution in [2.45, 2.75) is 44.9 Å². The second-order valence-electron chi connectivity index (χ2n) is 5.43. The monoisotopic (exact) mass is 256 g/mol. The molecular weight excluding hydrogens is 236 g/mol. The molecule has 2 heteroatoms. The molecule has 1 heterocycles. The third kappa shape index (κ3) is 3.01. The summed E-state index contributed by atoms with van der Waals surface area (Å²) >= 11 is 8.27. The first kappa shape index (κ1) is 12.4. The summed E-state index contributed by atoms with van der Waals surface area (Å²) in [7, 11) is 0. The highest BCUT2D eigenvalue weighted by molar-refractivity contribution is 7.07. The molecule has 2 rings (SSSR count). The topological polar surface area (TPSA) is 0 Å². The maximum Gasteiger partial charge on any atom is 0.0367 e. The Morgan fingerprint density at radius 3 is 2.88 bits per heavy atom. The van der Waals surface area contributed by atoms with Gasteiger partial charge in [-0.05, 0) is 65.8 Å². The minimum atomic E-state index is 0.398. The van der Waals surface area contributed by atoms with Crippen molar-refractivity contribution in [3.8, 4) is 0 Å². The van der Waals surface area contributed by atoms with Gasteiger partial charge in [-0.15, -0.1) is 11.6 Å². The number of thiophene rings is 1. The number of alkyl halides is 1. The van der Waals surface area contributed by atoms with E-state index in [0.717, 1.165) is 11.8 Å². The summed E-state index contributed by atoms with van der Waals surface area (Å²) < 4.78 is 0. The fraction of sp³-hybridized carbons (Fsp3) is 0.714. The molecule has 0 amide bonds. The summed E-state index contributed by atoms with van der Waals surface area (Å²) in [5, 5.41) is 4.83. The van der Waals surface area contributed by atoms with Crippen molar-refractivity contribution in [3.63, 3.8) is 0 Å². The number of hydrogen-bond donors (Lipinski definition) is 0. The van der Waals surface area contributed by atoms with Crippen LogP contribution >= 0.6 is 22.9 Å². The molecule has 3 atom stereocenters. The van der Waals surface area contributed by atoms with E-state index in [1.54, 1.807) is 11.3 Å². The van der Waals surface area contributed by atoms with Gasteiger partial charge in [-0.25, -0.2) is 0 Å². The molecule has 1 aromatic rings. The molecule has 1 fully saturated rings. The Balaban J connectivity index is 1.96. The number of rotatable bonds is 3. The van der Waals surface area contributed by atoms with E-state index in [4.69, 9.17) is 11.6 Å². The highest BCUT2D eigenvalue weighted by Gasteiger charge is 2.30. The van der Waals surface area contributed by atoms with E-state index in [9.17, 15) is 0 Å². The molecule has 1 aliphatic carbocycles. The van der Waals surface area contributed by atoms with E-state index in [2.05, 4.69) is 30.7 Å². The zero-order chi connectivity index (χ0) is 11.5. The Kier molecular flexibility index (Phi) is 4.32. The van der Waals surface area contributed by atoms with Gasteiger partial charge in [-0.2, -0.15) is 11.3 Å². The molecule has 0 aliphatic heterocycles. The Morgan fingerprint density at radius 1 is 1.44 bits per heavy atom. The molecule has 0 spiro atoms. The zero-order valence-corrected chi connectivity index (χ0v) is 11.7. The van der Waals surface area contributed by atoms with Crippen LogP contribution in [0.4, 0.5) is 0 Å². The largest absolute Gasteiger partial charge is 0.152 e. The molecule has 0 aromatic carbocycles. The third-order valence-corrected chi connectivity index (χ3v) is 5.26. The maximum absolute atomic E-state index is 6.47. The van der Waals surface area contributed by atoms with Crippen molar-refractivity contribution < 1.29 is 0 Å². The molecule has 0 saturated heterocycles. The lowest BCUT2D eigenvalue weighted by Gasteiger charge is -2.35. The molecule has 1 saturated carbocycles. The molecule has 3 unspecified atom stereocenters. The first-order valence-electron chi connectivity index (χ1n) is 6.32. The molecule has 0 nitrogen and oxygen atoms in total. The van der Waals surface area contributed by atoms with Crippen LogP contribution in [0.2, 0.25) is 0 Å². The average Bonchev–Trinajstić information content (AvgIpc) is 2.73. The predicted octanol–water partition coefficient (Wildman–Crippen LogP) is 4.97. The van der Waals surface area contributed by atoms with Crippen molar-refractivity contribution in [2.75, 3.05) is 0 Å². The van der Waals surface area contributed by atoms with E-state index < -0.39 is 0 Å². The predicted molar refractivity (Wildman–Crippen MR) is 73.3 cm³/mol. The molecular formula is C14H21ClS. The Bertz CT molecular complexity index is 305. The quantitative estimate of drug-likeness (QED) is 0.670. The number of halogens is 1. The molecule has 1 aliphatic rings. The minimum absolute atomic E-state index is 0.398. The van der Waals surface area contributed by atoms with Gasteiger partial charge in [0.1, 0.15) is 0 Å². The molecule has 0 N–H and O–H groups in total. The van der Waals surface area contributed by atoms with E-state index in [1.165, 1.54) is 31.2 Å². The van der Waals surface area contributed by atoms with E-state index >= 15 is 0 Å². The van der Waals surface area contributed by atoms with E-state index in [0.29, 0.717) is 11.3 Å². The summed E-state index contributed by atoms with van der Waals surface area (Å²) in [5.74, 6) is 2.39. The van der Waals surface area contributed by atoms with Gasteiger partial charge >= 0.3 is 0 Å². The fourth-order valence-electron chi connectivity index (χ4n) is 2.79. The van der Waals surface area contributed by atoms with Crippen LogP contribution in [0.1, 0.15) is 38.7 Å². The summed E-state index contributed by atoms with van der Waals surface area (Å²) in [4.78, 5) is 0. The van der Waals surface area contributed by atoms with Crippen molar-refractivity contribution in [1.29, 1.82) is 0 Å². The van der Waals surface area contributed by atoms with Crippen LogP contribution in [-0.4, -0.2) is 5.38 Å². The van der Waals surface area contributed by atoms with Crippen LogP contribution in [0.5, 0.6) is 0 Å². The van der Waals surface area contributed by atoms with Gasteiger partial charge in [0.15, 0.2) is 0 Å². The van der Waals surface area contributed by atoms with Gasteiger partial charge in [-0.1, -0.05) is 13.8 Å². The van der Waals surface area contributed by atoms with Crippen LogP contribution in [0.25, 0.3) is 0 Å². The second-order valence-corrected chi connectivity index (χ2v) is 6.77. The minimum Gasteiger partial charge on any atom is -0.152 e. The van der Waals surface area contributed by atoms with Crippen LogP contribution in [0.3, 0.4) is 0 Å². The van der Waals surface area contributed by atoms with Gasteiger partial charge in [0.25, 0.3) is 0 Å². The molecule has 1 aromatic heterocycles. The summed E-state index contributed by atoms with van der Waals surface area (Å²) in [6.07, 6.45) is 5.04. The number of hydrogen-bond acceptors (Lipinski definition) is 1. The van der Waals surface area contributed by atoms with Crippen molar-refractivity contribution in [2.24, 2.45) is 17.8 Å². The summed E-state index contributed by atoms with van der Waals surface area (Å²) in [5.41, 5.74) is 1.48. The van der Waals surface area contributed by atoms with Crippen LogP contribution in [0.15, 0.2) is 16.8 Å². The first-order valence-corrected chi connectivity index (χ1v) is 7.70. The van der Waals surface area contributed by atoms with E-state index in [-0.39, 0.29) is 0 Å². The molecule has 0 bridgehead atoms. The van der Waals surface area contributed by atoms with Gasteiger partial charge in [0.05, 0.1) is 0 Å². The van der Waals surface area contributed by atoms with Crippen molar-refractivity contribution >= 4 is 22.9 Å². The van der Waals surface area contributed by atoms with Gasteiger partial charge < -0.3 is 0 Å². The highest BCUT2D eigenvalue weighted by Crippen LogP contribution is 2.38. The van der Waals surface area contributed by atoms with Crippen molar-refractivity contribution in [3.05, 3.63) is 22.4 Å². The maximum atomic E-state index is 6.47. The first-order chi connectivity index (χ1) is 7.66. The Morgan fingerprint density at radius 2 is 2.25 bits per heavy atom. The normalized spacial score (nSPS) is 30.9. The smallest absolute Gasteiger partial charge is 0.0367 e. The van der Waals surface area contributed by atoms with Crippen LogP contribution < -0.4 is 0 Å². The average molecular weight is 257 g/mol. The third-order valence-electron chi connectivity index (χ3n) is 3.95. The standard InChI is InChI=1S/C14H21ClS/c1-10(2)12-3-4-14(15)13(8-12)7-11-5-6-16-9-11/h5-6,9-10,12-14H,3-4,7-8H2,1-2H3. The lowest BCUT2D eigenvalue weighted by Crippen LogP contribution is -2.29. The second kappa shape index (κ2) is 5.55. The van der Waals surface area contributed by atoms with Gasteiger partial charge in [-0.3, -0.25) is 0 Å². The Labute approximate surface area is 108 Å². The summed E-state index contributed by atoms with van der Waals surface area (Å²) in [6, 6.07) is 2.24. The summed E-state index contributed by atoms with van der Waals surface area (Å²) in [6.45, 7) is 4.70. The molecule has 90 valence electrons. The van der Waals surface area contributed by atoms with Crippen molar-refractivity contribution in [1.82, 2.24) is 0 Å². The Hall–Kier alpha value is -0.0100. The molecule has 16 heavy (non-hydrogen) atoms.